The molecule has 8 nitrogen and oxygen atoms in total. The van der Waals surface area contributed by atoms with Crippen LogP contribution in [0.25, 0.3) is 32.7 Å². The maximum atomic E-state index is 9.42. The van der Waals surface area contributed by atoms with Gasteiger partial charge in [-0.05, 0) is 30.5 Å². The van der Waals surface area contributed by atoms with Gasteiger partial charge in [-0.15, -0.1) is 11.3 Å². The summed E-state index contributed by atoms with van der Waals surface area (Å²) in [6, 6.07) is 16.6. The lowest BCUT2D eigenvalue weighted by Crippen LogP contribution is -2.38. The number of hydrogen-bond acceptors (Lipinski definition) is 9. The summed E-state index contributed by atoms with van der Waals surface area (Å²) >= 11 is 1.63. The van der Waals surface area contributed by atoms with Crippen LogP contribution in [-0.2, 0) is 0 Å². The number of hydrazine groups is 1. The van der Waals surface area contributed by atoms with Crippen LogP contribution in [0.5, 0.6) is 0 Å². The van der Waals surface area contributed by atoms with Crippen LogP contribution in [0.15, 0.2) is 60.2 Å². The second-order valence-electron chi connectivity index (χ2n) is 8.45. The van der Waals surface area contributed by atoms with Gasteiger partial charge in [0, 0.05) is 48.5 Å². The molecule has 0 aliphatic carbocycles. The molecule has 9 heteroatoms. The van der Waals surface area contributed by atoms with Gasteiger partial charge >= 0.3 is 0 Å². The van der Waals surface area contributed by atoms with E-state index in [2.05, 4.69) is 51.4 Å². The fourth-order valence-corrected chi connectivity index (χ4v) is 5.31. The number of fused-ring (bicyclic) bond motifs is 1. The summed E-state index contributed by atoms with van der Waals surface area (Å²) < 4.78 is 0. The summed E-state index contributed by atoms with van der Waals surface area (Å²) in [5.41, 5.74) is 15.3. The van der Waals surface area contributed by atoms with Crippen LogP contribution >= 0.6 is 11.3 Å². The Bertz CT molecular complexity index is 1300. The summed E-state index contributed by atoms with van der Waals surface area (Å²) in [4.78, 5) is 17.3. The highest BCUT2D eigenvalue weighted by Crippen LogP contribution is 2.39. The minimum Gasteiger partial charge on any atom is -0.359 e. The van der Waals surface area contributed by atoms with E-state index in [4.69, 9.17) is 15.7 Å². The first-order valence-corrected chi connectivity index (χ1v) is 12.2. The third-order valence-electron chi connectivity index (χ3n) is 6.19. The van der Waals surface area contributed by atoms with Crippen molar-refractivity contribution in [1.29, 1.82) is 5.26 Å². The number of nitriles is 1. The highest BCUT2D eigenvalue weighted by Gasteiger charge is 2.33. The van der Waals surface area contributed by atoms with Crippen molar-refractivity contribution in [2.75, 3.05) is 18.5 Å². The summed E-state index contributed by atoms with van der Waals surface area (Å²) in [6.45, 7) is 0.786. The van der Waals surface area contributed by atoms with Crippen LogP contribution in [0.3, 0.4) is 0 Å². The van der Waals surface area contributed by atoms with Gasteiger partial charge in [-0.3, -0.25) is 10.4 Å². The first-order valence-electron chi connectivity index (χ1n) is 11.3. The van der Waals surface area contributed by atoms with Gasteiger partial charge < -0.3 is 10.6 Å². The van der Waals surface area contributed by atoms with E-state index in [1.165, 1.54) is 0 Å². The topological polar surface area (TPSA) is 116 Å². The Morgan fingerprint density at radius 3 is 2.71 bits per heavy atom. The number of thiophene rings is 1. The smallest absolute Gasteiger partial charge is 0.164 e. The van der Waals surface area contributed by atoms with E-state index in [1.807, 2.05) is 30.3 Å². The maximum absolute atomic E-state index is 9.42. The number of nitrogens with two attached hydrogens (primary N) is 1. The number of pyridine rings is 1. The van der Waals surface area contributed by atoms with Crippen molar-refractivity contribution in [3.8, 4) is 28.6 Å². The largest absolute Gasteiger partial charge is 0.359 e. The lowest BCUT2D eigenvalue weighted by molar-refractivity contribution is 0.463. The number of nitrogens with one attached hydrogen (secondary N) is 2. The van der Waals surface area contributed by atoms with Crippen LogP contribution < -0.4 is 21.5 Å². The zero-order valence-corrected chi connectivity index (χ0v) is 19.7. The number of hydrogen-bond donors (Lipinski definition) is 3. The van der Waals surface area contributed by atoms with Gasteiger partial charge in [0.2, 0.25) is 0 Å². The van der Waals surface area contributed by atoms with Crippen LogP contribution in [0, 0.1) is 17.2 Å². The number of aromatic nitrogens is 3. The fraction of sp³-hybridized carbons (Fsp3) is 0.280. The second kappa shape index (κ2) is 9.83. The number of rotatable bonds is 7. The molecular formula is C25H26N8S. The SMILES string of the molecule is CN(CCCC1NNC(N)C1C#N)c1nc(-c2cccnc2)nc2scc(-c3ccccc3)c12. The third kappa shape index (κ3) is 4.36. The van der Waals surface area contributed by atoms with Crippen LogP contribution in [0.2, 0.25) is 0 Å². The summed E-state index contributed by atoms with van der Waals surface area (Å²) in [7, 11) is 2.06. The Morgan fingerprint density at radius 2 is 1.94 bits per heavy atom. The third-order valence-corrected chi connectivity index (χ3v) is 7.07. The van der Waals surface area contributed by atoms with Crippen LogP contribution in [-0.4, -0.2) is 40.8 Å². The fourth-order valence-electron chi connectivity index (χ4n) is 4.36. The van der Waals surface area contributed by atoms with Gasteiger partial charge in [0.05, 0.1) is 23.5 Å². The lowest BCUT2D eigenvalue weighted by atomic mass is 9.97. The van der Waals surface area contributed by atoms with Crippen molar-refractivity contribution < 1.29 is 0 Å². The van der Waals surface area contributed by atoms with Gasteiger partial charge in [-0.1, -0.05) is 30.3 Å². The van der Waals surface area contributed by atoms with Gasteiger partial charge in [0.1, 0.15) is 10.6 Å². The number of nitrogens with zero attached hydrogens (tertiary/aromatic N) is 5. The molecule has 3 aromatic heterocycles. The van der Waals surface area contributed by atoms with Crippen LogP contribution in [0.4, 0.5) is 5.82 Å². The normalized spacial score (nSPS) is 19.9. The molecule has 0 amide bonds. The number of anilines is 1. The first-order chi connectivity index (χ1) is 16.7. The molecule has 3 atom stereocenters. The lowest BCUT2D eigenvalue weighted by Gasteiger charge is -2.22. The van der Waals surface area contributed by atoms with E-state index in [-0.39, 0.29) is 18.1 Å². The average Bonchev–Trinajstić information content (AvgIpc) is 3.47. The van der Waals surface area contributed by atoms with Gasteiger partial charge in [0.25, 0.3) is 0 Å². The van der Waals surface area contributed by atoms with Gasteiger partial charge in [-0.25, -0.2) is 15.4 Å². The van der Waals surface area contributed by atoms with Crippen molar-refractivity contribution in [3.05, 3.63) is 60.2 Å². The Hall–Kier alpha value is -3.42. The molecule has 1 aliphatic rings. The summed E-state index contributed by atoms with van der Waals surface area (Å²) in [6.07, 6.45) is 4.93. The highest BCUT2D eigenvalue weighted by atomic mass is 32.1. The molecule has 4 heterocycles. The van der Waals surface area contributed by atoms with E-state index in [9.17, 15) is 5.26 Å². The molecule has 4 aromatic rings. The molecule has 1 fully saturated rings. The molecular weight excluding hydrogens is 444 g/mol. The Balaban J connectivity index is 1.47. The van der Waals surface area contributed by atoms with E-state index in [0.717, 1.165) is 52.1 Å². The Labute approximate surface area is 202 Å². The van der Waals surface area contributed by atoms with E-state index >= 15 is 0 Å². The Morgan fingerprint density at radius 1 is 1.12 bits per heavy atom. The molecule has 5 rings (SSSR count). The quantitative estimate of drug-likeness (QED) is 0.376. The molecule has 0 bridgehead atoms. The van der Waals surface area contributed by atoms with E-state index in [0.29, 0.717) is 5.82 Å². The molecule has 1 aromatic carbocycles. The summed E-state index contributed by atoms with van der Waals surface area (Å²) in [5.74, 6) is 1.32. The van der Waals surface area contributed by atoms with Crippen molar-refractivity contribution in [3.63, 3.8) is 0 Å². The predicted molar refractivity (Wildman–Crippen MR) is 136 cm³/mol. The van der Waals surface area contributed by atoms with Crippen molar-refractivity contribution >= 4 is 27.4 Å². The zero-order chi connectivity index (χ0) is 23.5. The molecule has 4 N–H and O–H groups in total. The molecule has 0 saturated carbocycles. The molecule has 34 heavy (non-hydrogen) atoms. The van der Waals surface area contributed by atoms with E-state index < -0.39 is 0 Å². The van der Waals surface area contributed by atoms with Crippen molar-refractivity contribution in [1.82, 2.24) is 25.8 Å². The first kappa shape index (κ1) is 22.4. The summed E-state index contributed by atoms with van der Waals surface area (Å²) in [5, 5.41) is 12.6. The number of benzene rings is 1. The van der Waals surface area contributed by atoms with Gasteiger partial charge in [-0.2, -0.15) is 5.26 Å². The molecule has 1 aliphatic heterocycles. The minimum absolute atomic E-state index is 0.0331. The Kier molecular flexibility index (Phi) is 6.47. The molecule has 3 unspecified atom stereocenters. The minimum atomic E-state index is -0.338. The van der Waals surface area contributed by atoms with Crippen LogP contribution in [0.1, 0.15) is 12.8 Å². The molecule has 1 saturated heterocycles. The maximum Gasteiger partial charge on any atom is 0.164 e. The highest BCUT2D eigenvalue weighted by molar-refractivity contribution is 7.17. The molecule has 172 valence electrons. The monoisotopic (exact) mass is 470 g/mol. The average molecular weight is 471 g/mol. The van der Waals surface area contributed by atoms with Crippen molar-refractivity contribution in [2.24, 2.45) is 11.7 Å². The second-order valence-corrected chi connectivity index (χ2v) is 9.31. The predicted octanol–water partition coefficient (Wildman–Crippen LogP) is 3.54. The van der Waals surface area contributed by atoms with E-state index in [1.54, 1.807) is 23.7 Å². The molecule has 0 spiro atoms. The standard InChI is InChI=1S/C25H26N8S/c1-33(12-6-10-20-18(13-26)22(27)32-31-20)24-21-19(16-7-3-2-4-8-16)15-34-25(21)30-23(29-24)17-9-5-11-28-14-17/h2-5,7-9,11,14-15,18,20,22,31-32H,6,10,12,27H2,1H3. The van der Waals surface area contributed by atoms with Crippen molar-refractivity contribution in [2.45, 2.75) is 25.0 Å². The molecule has 0 radical (unpaired) electrons. The van der Waals surface area contributed by atoms with Gasteiger partial charge in [0.15, 0.2) is 5.82 Å². The zero-order valence-electron chi connectivity index (χ0n) is 18.8.